The van der Waals surface area contributed by atoms with Crippen molar-refractivity contribution >= 4 is 11.9 Å². The summed E-state index contributed by atoms with van der Waals surface area (Å²) in [6, 6.07) is 4.20. The normalized spacial score (nSPS) is 18.4. The summed E-state index contributed by atoms with van der Waals surface area (Å²) in [5, 5.41) is 9.18. The highest BCUT2D eigenvalue weighted by molar-refractivity contribution is 5.92. The lowest BCUT2D eigenvalue weighted by Gasteiger charge is -2.36. The van der Waals surface area contributed by atoms with Gasteiger partial charge in [0.2, 0.25) is 5.91 Å². The number of likely N-dealkylation sites (tertiary alicyclic amines) is 1. The second-order valence-electron chi connectivity index (χ2n) is 5.81. The lowest BCUT2D eigenvalue weighted by molar-refractivity contribution is -0.150. The predicted octanol–water partition coefficient (Wildman–Crippen LogP) is 1.61. The minimum Gasteiger partial charge on any atom is -0.481 e. The molecule has 1 heterocycles. The van der Waals surface area contributed by atoms with E-state index >= 15 is 0 Å². The SMILES string of the molecule is CC1(C(=O)O)CCN(Cc2ccc(C(N)=O)cc2F)CC1. The summed E-state index contributed by atoms with van der Waals surface area (Å²) >= 11 is 0. The Labute approximate surface area is 122 Å². The number of carbonyl (C=O) groups is 2. The summed E-state index contributed by atoms with van der Waals surface area (Å²) in [7, 11) is 0. The number of hydrogen-bond donors (Lipinski definition) is 2. The maximum Gasteiger partial charge on any atom is 0.309 e. The van der Waals surface area contributed by atoms with Gasteiger partial charge in [0, 0.05) is 17.7 Å². The van der Waals surface area contributed by atoms with Gasteiger partial charge in [-0.15, -0.1) is 0 Å². The lowest BCUT2D eigenvalue weighted by Crippen LogP contribution is -2.42. The number of piperidine rings is 1. The molecule has 114 valence electrons. The van der Waals surface area contributed by atoms with Crippen LogP contribution in [0.25, 0.3) is 0 Å². The molecule has 0 aliphatic carbocycles. The summed E-state index contributed by atoms with van der Waals surface area (Å²) in [6.45, 7) is 3.37. The Kier molecular flexibility index (Phi) is 4.27. The van der Waals surface area contributed by atoms with Crippen LogP contribution >= 0.6 is 0 Å². The van der Waals surface area contributed by atoms with Gasteiger partial charge in [0.25, 0.3) is 0 Å². The van der Waals surface area contributed by atoms with Gasteiger partial charge >= 0.3 is 5.97 Å². The Morgan fingerprint density at radius 2 is 2.00 bits per heavy atom. The van der Waals surface area contributed by atoms with E-state index in [1.54, 1.807) is 13.0 Å². The number of carboxylic acids is 1. The van der Waals surface area contributed by atoms with E-state index in [1.165, 1.54) is 6.07 Å². The molecule has 0 saturated carbocycles. The zero-order chi connectivity index (χ0) is 15.6. The smallest absolute Gasteiger partial charge is 0.309 e. The zero-order valence-electron chi connectivity index (χ0n) is 11.9. The Balaban J connectivity index is 2.01. The molecule has 0 bridgehead atoms. The van der Waals surface area contributed by atoms with Gasteiger partial charge in [-0.1, -0.05) is 6.07 Å². The number of halogens is 1. The molecule has 1 saturated heterocycles. The van der Waals surface area contributed by atoms with Crippen LogP contribution in [0.3, 0.4) is 0 Å². The van der Waals surface area contributed by atoms with E-state index in [0.717, 1.165) is 6.07 Å². The van der Waals surface area contributed by atoms with Crippen LogP contribution in [-0.4, -0.2) is 35.0 Å². The average molecular weight is 294 g/mol. The molecule has 1 amide bonds. The van der Waals surface area contributed by atoms with Crippen molar-refractivity contribution in [3.63, 3.8) is 0 Å². The maximum atomic E-state index is 13.9. The molecule has 6 heteroatoms. The van der Waals surface area contributed by atoms with Gasteiger partial charge in [0.1, 0.15) is 5.82 Å². The number of carboxylic acid groups (broad SMARTS) is 1. The van der Waals surface area contributed by atoms with Crippen LogP contribution in [0.5, 0.6) is 0 Å². The van der Waals surface area contributed by atoms with Crippen molar-refractivity contribution in [1.29, 1.82) is 0 Å². The number of nitrogens with two attached hydrogens (primary N) is 1. The highest BCUT2D eigenvalue weighted by atomic mass is 19.1. The molecular weight excluding hydrogens is 275 g/mol. The second-order valence-corrected chi connectivity index (χ2v) is 5.81. The standard InChI is InChI=1S/C15H19FN2O3/c1-15(14(20)21)4-6-18(7-5-15)9-11-3-2-10(13(17)19)8-12(11)16/h2-3,8H,4-7,9H2,1H3,(H2,17,19)(H,20,21). The average Bonchev–Trinajstić information content (AvgIpc) is 2.43. The first kappa shape index (κ1) is 15.4. The summed E-state index contributed by atoms with van der Waals surface area (Å²) in [6.07, 6.45) is 1.09. The van der Waals surface area contributed by atoms with Crippen molar-refractivity contribution in [3.05, 3.63) is 35.1 Å². The van der Waals surface area contributed by atoms with E-state index in [1.807, 2.05) is 4.90 Å². The van der Waals surface area contributed by atoms with Crippen LogP contribution < -0.4 is 5.73 Å². The Morgan fingerprint density at radius 1 is 1.38 bits per heavy atom. The highest BCUT2D eigenvalue weighted by Gasteiger charge is 2.36. The topological polar surface area (TPSA) is 83.6 Å². The van der Waals surface area contributed by atoms with E-state index in [4.69, 9.17) is 5.73 Å². The summed E-state index contributed by atoms with van der Waals surface area (Å²) < 4.78 is 13.9. The number of carbonyl (C=O) groups excluding carboxylic acids is 1. The molecule has 1 aliphatic heterocycles. The first-order valence-corrected chi connectivity index (χ1v) is 6.86. The molecule has 5 nitrogen and oxygen atoms in total. The van der Waals surface area contributed by atoms with Crippen molar-refractivity contribution < 1.29 is 19.1 Å². The quantitative estimate of drug-likeness (QED) is 0.883. The van der Waals surface area contributed by atoms with Crippen LogP contribution in [0.1, 0.15) is 35.7 Å². The number of benzene rings is 1. The summed E-state index contributed by atoms with van der Waals surface area (Å²) in [4.78, 5) is 24.2. The fourth-order valence-corrected chi connectivity index (χ4v) is 2.49. The third-order valence-corrected chi connectivity index (χ3v) is 4.21. The molecule has 0 aromatic heterocycles. The van der Waals surface area contributed by atoms with Crippen molar-refractivity contribution in [3.8, 4) is 0 Å². The largest absolute Gasteiger partial charge is 0.481 e. The first-order chi connectivity index (χ1) is 9.82. The van der Waals surface area contributed by atoms with Crippen LogP contribution in [0.2, 0.25) is 0 Å². The molecule has 1 fully saturated rings. The van der Waals surface area contributed by atoms with Gasteiger partial charge in [0.05, 0.1) is 5.41 Å². The third kappa shape index (κ3) is 3.39. The van der Waals surface area contributed by atoms with E-state index < -0.39 is 23.1 Å². The van der Waals surface area contributed by atoms with E-state index in [-0.39, 0.29) is 5.56 Å². The minimum absolute atomic E-state index is 0.147. The van der Waals surface area contributed by atoms with E-state index in [9.17, 15) is 19.1 Å². The number of amides is 1. The van der Waals surface area contributed by atoms with E-state index in [2.05, 4.69) is 0 Å². The molecule has 3 N–H and O–H groups in total. The Hall–Kier alpha value is -1.95. The first-order valence-electron chi connectivity index (χ1n) is 6.86. The molecule has 2 rings (SSSR count). The van der Waals surface area contributed by atoms with Crippen molar-refractivity contribution in [2.75, 3.05) is 13.1 Å². The number of rotatable bonds is 4. The maximum absolute atomic E-state index is 13.9. The Bertz CT molecular complexity index is 566. The number of primary amides is 1. The molecule has 1 aromatic carbocycles. The molecule has 0 spiro atoms. The molecule has 21 heavy (non-hydrogen) atoms. The fourth-order valence-electron chi connectivity index (χ4n) is 2.49. The van der Waals surface area contributed by atoms with E-state index in [0.29, 0.717) is 38.0 Å². The minimum atomic E-state index is -0.779. The van der Waals surface area contributed by atoms with Gasteiger partial charge in [0.15, 0.2) is 0 Å². The highest BCUT2D eigenvalue weighted by Crippen LogP contribution is 2.31. The van der Waals surface area contributed by atoms with Crippen LogP contribution in [0, 0.1) is 11.2 Å². The van der Waals surface area contributed by atoms with Gasteiger partial charge in [-0.3, -0.25) is 14.5 Å². The number of hydrogen-bond acceptors (Lipinski definition) is 3. The third-order valence-electron chi connectivity index (χ3n) is 4.21. The number of nitrogens with zero attached hydrogens (tertiary/aromatic N) is 1. The van der Waals surface area contributed by atoms with Gasteiger partial charge < -0.3 is 10.8 Å². The molecule has 1 aromatic rings. The molecule has 0 atom stereocenters. The summed E-state index contributed by atoms with van der Waals surface area (Å²) in [5.74, 6) is -1.90. The summed E-state index contributed by atoms with van der Waals surface area (Å²) in [5.41, 5.74) is 5.05. The lowest BCUT2D eigenvalue weighted by atomic mass is 9.80. The van der Waals surface area contributed by atoms with Gasteiger partial charge in [-0.05, 0) is 45.0 Å². The molecule has 0 radical (unpaired) electrons. The van der Waals surface area contributed by atoms with Crippen LogP contribution in [-0.2, 0) is 11.3 Å². The monoisotopic (exact) mass is 294 g/mol. The second kappa shape index (κ2) is 5.81. The van der Waals surface area contributed by atoms with Gasteiger partial charge in [-0.25, -0.2) is 4.39 Å². The zero-order valence-corrected chi connectivity index (χ0v) is 11.9. The van der Waals surface area contributed by atoms with Crippen molar-refractivity contribution in [1.82, 2.24) is 4.90 Å². The fraction of sp³-hybridized carbons (Fsp3) is 0.467. The molecule has 0 unspecified atom stereocenters. The molecular formula is C15H19FN2O3. The Morgan fingerprint density at radius 3 is 2.48 bits per heavy atom. The van der Waals surface area contributed by atoms with Gasteiger partial charge in [-0.2, -0.15) is 0 Å². The van der Waals surface area contributed by atoms with Crippen LogP contribution in [0.15, 0.2) is 18.2 Å². The van der Waals surface area contributed by atoms with Crippen LogP contribution in [0.4, 0.5) is 4.39 Å². The van der Waals surface area contributed by atoms with Crippen molar-refractivity contribution in [2.24, 2.45) is 11.1 Å². The van der Waals surface area contributed by atoms with Crippen molar-refractivity contribution in [2.45, 2.75) is 26.3 Å². The predicted molar refractivity (Wildman–Crippen MR) is 75.2 cm³/mol. The number of aliphatic carboxylic acids is 1. The molecule has 1 aliphatic rings.